The molecule has 5 nitrogen and oxygen atoms in total. The molecule has 0 atom stereocenters. The fourth-order valence-corrected chi connectivity index (χ4v) is 1.74. The molecule has 0 amide bonds. The average Bonchev–Trinajstić information content (AvgIpc) is 2.42. The summed E-state index contributed by atoms with van der Waals surface area (Å²) in [6, 6.07) is 10.3. The number of nitrogens with zero attached hydrogens (tertiary/aromatic N) is 2. The molecule has 19 heavy (non-hydrogen) atoms. The Hall–Kier alpha value is -2.21. The van der Waals surface area contributed by atoms with Gasteiger partial charge < -0.3 is 10.5 Å². The van der Waals surface area contributed by atoms with Crippen molar-refractivity contribution < 1.29 is 4.74 Å². The summed E-state index contributed by atoms with van der Waals surface area (Å²) in [5, 5.41) is 4.08. The zero-order valence-electron chi connectivity index (χ0n) is 10.4. The number of thiocarbonyl (C=S) groups is 1. The van der Waals surface area contributed by atoms with Gasteiger partial charge in [0.05, 0.1) is 13.7 Å². The first kappa shape index (κ1) is 13.2. The van der Waals surface area contributed by atoms with Crippen molar-refractivity contribution in [3.05, 3.63) is 57.9 Å². The standard InChI is InChI=1S/C13H13N3O2S/c1-18-11-6-7-12(17)16(15-11)8-9-2-4-10(5-3-9)13(14)19/h2-7H,8H2,1H3,(H2,14,19). The van der Waals surface area contributed by atoms with Crippen molar-refractivity contribution in [2.75, 3.05) is 7.11 Å². The molecule has 0 fully saturated rings. The summed E-state index contributed by atoms with van der Waals surface area (Å²) in [6.07, 6.45) is 0. The predicted octanol–water partition coefficient (Wildman–Crippen LogP) is 0.934. The maximum absolute atomic E-state index is 11.7. The molecule has 1 aromatic heterocycles. The molecular formula is C13H13N3O2S. The van der Waals surface area contributed by atoms with Gasteiger partial charge in [-0.25, -0.2) is 4.68 Å². The largest absolute Gasteiger partial charge is 0.480 e. The summed E-state index contributed by atoms with van der Waals surface area (Å²) in [7, 11) is 1.51. The van der Waals surface area contributed by atoms with Crippen molar-refractivity contribution in [2.24, 2.45) is 5.73 Å². The van der Waals surface area contributed by atoms with E-state index in [1.54, 1.807) is 0 Å². The highest BCUT2D eigenvalue weighted by molar-refractivity contribution is 7.80. The molecule has 1 heterocycles. The van der Waals surface area contributed by atoms with Crippen LogP contribution in [0, 0.1) is 0 Å². The van der Waals surface area contributed by atoms with E-state index in [1.165, 1.54) is 23.9 Å². The highest BCUT2D eigenvalue weighted by Gasteiger charge is 2.03. The molecule has 0 unspecified atom stereocenters. The van der Waals surface area contributed by atoms with E-state index >= 15 is 0 Å². The molecule has 0 bridgehead atoms. The number of ether oxygens (including phenoxy) is 1. The van der Waals surface area contributed by atoms with Crippen LogP contribution in [0.2, 0.25) is 0 Å². The molecule has 0 aliphatic heterocycles. The third-order valence-corrected chi connectivity index (χ3v) is 2.86. The van der Waals surface area contributed by atoms with Gasteiger partial charge in [0.15, 0.2) is 0 Å². The lowest BCUT2D eigenvalue weighted by molar-refractivity contribution is 0.379. The minimum Gasteiger partial charge on any atom is -0.480 e. The Morgan fingerprint density at radius 3 is 2.58 bits per heavy atom. The number of hydrogen-bond donors (Lipinski definition) is 1. The van der Waals surface area contributed by atoms with Crippen LogP contribution in [-0.2, 0) is 6.54 Å². The smallest absolute Gasteiger partial charge is 0.267 e. The number of hydrogen-bond acceptors (Lipinski definition) is 4. The van der Waals surface area contributed by atoms with Crippen LogP contribution in [0.4, 0.5) is 0 Å². The van der Waals surface area contributed by atoms with E-state index in [0.29, 0.717) is 17.4 Å². The van der Waals surface area contributed by atoms with Crippen LogP contribution < -0.4 is 16.0 Å². The summed E-state index contributed by atoms with van der Waals surface area (Å²) < 4.78 is 6.34. The molecule has 0 aliphatic rings. The summed E-state index contributed by atoms with van der Waals surface area (Å²) in [5.41, 5.74) is 7.07. The Kier molecular flexibility index (Phi) is 3.91. The molecule has 2 aromatic rings. The molecule has 2 rings (SSSR count). The van der Waals surface area contributed by atoms with Crippen LogP contribution in [0.25, 0.3) is 0 Å². The molecule has 98 valence electrons. The van der Waals surface area contributed by atoms with Crippen LogP contribution in [0.5, 0.6) is 5.88 Å². The van der Waals surface area contributed by atoms with Crippen LogP contribution in [0.1, 0.15) is 11.1 Å². The maximum atomic E-state index is 11.7. The number of benzene rings is 1. The third kappa shape index (κ3) is 3.17. The second-order valence-corrected chi connectivity index (χ2v) is 4.37. The summed E-state index contributed by atoms with van der Waals surface area (Å²) in [6.45, 7) is 0.369. The molecular weight excluding hydrogens is 262 g/mol. The lowest BCUT2D eigenvalue weighted by atomic mass is 10.1. The van der Waals surface area contributed by atoms with E-state index in [4.69, 9.17) is 22.7 Å². The minimum absolute atomic E-state index is 0.181. The van der Waals surface area contributed by atoms with Gasteiger partial charge in [-0.05, 0) is 5.56 Å². The maximum Gasteiger partial charge on any atom is 0.267 e. The molecule has 1 aromatic carbocycles. The second-order valence-electron chi connectivity index (χ2n) is 3.93. The number of methoxy groups -OCH3 is 1. The van der Waals surface area contributed by atoms with E-state index < -0.39 is 0 Å². The summed E-state index contributed by atoms with van der Waals surface area (Å²) in [5.74, 6) is 0.402. The van der Waals surface area contributed by atoms with E-state index in [-0.39, 0.29) is 5.56 Å². The first-order valence-electron chi connectivity index (χ1n) is 5.61. The normalized spacial score (nSPS) is 10.2. The highest BCUT2D eigenvalue weighted by Crippen LogP contribution is 2.06. The van der Waals surface area contributed by atoms with E-state index in [9.17, 15) is 4.79 Å². The Morgan fingerprint density at radius 2 is 2.00 bits per heavy atom. The lowest BCUT2D eigenvalue weighted by Crippen LogP contribution is -2.22. The number of aromatic nitrogens is 2. The van der Waals surface area contributed by atoms with Crippen LogP contribution in [0.15, 0.2) is 41.2 Å². The topological polar surface area (TPSA) is 70.1 Å². The second kappa shape index (κ2) is 5.62. The van der Waals surface area contributed by atoms with Crippen molar-refractivity contribution in [1.82, 2.24) is 9.78 Å². The predicted molar refractivity (Wildman–Crippen MR) is 76.5 cm³/mol. The van der Waals surface area contributed by atoms with Gasteiger partial charge in [0, 0.05) is 17.7 Å². The van der Waals surface area contributed by atoms with Crippen molar-refractivity contribution in [2.45, 2.75) is 6.54 Å². The molecule has 0 spiro atoms. The Bertz CT molecular complexity index is 650. The van der Waals surface area contributed by atoms with Crippen molar-refractivity contribution in [3.8, 4) is 5.88 Å². The SMILES string of the molecule is COc1ccc(=O)n(Cc2ccc(C(N)=S)cc2)n1. The van der Waals surface area contributed by atoms with E-state index in [1.807, 2.05) is 24.3 Å². The molecule has 6 heteroatoms. The van der Waals surface area contributed by atoms with Gasteiger partial charge in [0.25, 0.3) is 5.56 Å². The lowest BCUT2D eigenvalue weighted by Gasteiger charge is -2.07. The summed E-state index contributed by atoms with van der Waals surface area (Å²) >= 11 is 4.88. The van der Waals surface area contributed by atoms with Crippen molar-refractivity contribution >= 4 is 17.2 Å². The third-order valence-electron chi connectivity index (χ3n) is 2.62. The molecule has 0 saturated heterocycles. The zero-order valence-corrected chi connectivity index (χ0v) is 11.2. The monoisotopic (exact) mass is 275 g/mol. The zero-order chi connectivity index (χ0) is 13.8. The van der Waals surface area contributed by atoms with Gasteiger partial charge in [-0.2, -0.15) is 0 Å². The Morgan fingerprint density at radius 1 is 1.32 bits per heavy atom. The van der Waals surface area contributed by atoms with Gasteiger partial charge in [-0.3, -0.25) is 4.79 Å². The van der Waals surface area contributed by atoms with Crippen molar-refractivity contribution in [1.29, 1.82) is 0 Å². The Balaban J connectivity index is 2.25. The van der Waals surface area contributed by atoms with Crippen LogP contribution in [-0.4, -0.2) is 21.9 Å². The average molecular weight is 275 g/mol. The van der Waals surface area contributed by atoms with Crippen LogP contribution in [0.3, 0.4) is 0 Å². The van der Waals surface area contributed by atoms with Crippen molar-refractivity contribution in [3.63, 3.8) is 0 Å². The van der Waals surface area contributed by atoms with E-state index in [0.717, 1.165) is 11.1 Å². The molecule has 0 radical (unpaired) electrons. The van der Waals surface area contributed by atoms with Gasteiger partial charge in [-0.1, -0.05) is 36.5 Å². The first-order valence-corrected chi connectivity index (χ1v) is 6.02. The van der Waals surface area contributed by atoms with Gasteiger partial charge in [0.2, 0.25) is 5.88 Å². The van der Waals surface area contributed by atoms with Gasteiger partial charge in [0.1, 0.15) is 4.99 Å². The Labute approximate surface area is 115 Å². The van der Waals surface area contributed by atoms with Gasteiger partial charge >= 0.3 is 0 Å². The number of rotatable bonds is 4. The van der Waals surface area contributed by atoms with Gasteiger partial charge in [-0.15, -0.1) is 5.10 Å². The first-order chi connectivity index (χ1) is 9.10. The van der Waals surface area contributed by atoms with Crippen LogP contribution >= 0.6 is 12.2 Å². The summed E-state index contributed by atoms with van der Waals surface area (Å²) in [4.78, 5) is 12.0. The highest BCUT2D eigenvalue weighted by atomic mass is 32.1. The fourth-order valence-electron chi connectivity index (χ4n) is 1.60. The number of nitrogens with two attached hydrogens (primary N) is 1. The quantitative estimate of drug-likeness (QED) is 0.841. The van der Waals surface area contributed by atoms with E-state index in [2.05, 4.69) is 5.10 Å². The molecule has 2 N–H and O–H groups in total. The minimum atomic E-state index is -0.181. The molecule has 0 saturated carbocycles. The molecule has 0 aliphatic carbocycles. The fraction of sp³-hybridized carbons (Fsp3) is 0.154.